The number of benzene rings is 2. The molecule has 0 radical (unpaired) electrons. The van der Waals surface area contributed by atoms with Gasteiger partial charge in [0.25, 0.3) is 0 Å². The molecule has 0 aliphatic carbocycles. The lowest BCUT2D eigenvalue weighted by Gasteiger charge is -2.15. The number of aliphatic imine (C=N–C) groups is 1. The van der Waals surface area contributed by atoms with Crippen LogP contribution in [0, 0.1) is 0 Å². The number of hydrogen-bond donors (Lipinski definition) is 2. The van der Waals surface area contributed by atoms with Crippen LogP contribution in [-0.2, 0) is 11.3 Å². The highest BCUT2D eigenvalue weighted by atomic mass is 16.2. The standard InChI is InChI=1S/C25H25N5O/c26-19-7-10-21-22(14-19)29-25(31)23(21)24(18-4-3-11-27-15-18)28-20-8-5-17(6-9-20)16-30-12-1-2-13-30/h3-11,14-15,23H,1-2,12-13,16,26H2,(H,29,31). The summed E-state index contributed by atoms with van der Waals surface area (Å²) in [5.74, 6) is -0.613. The molecule has 1 atom stereocenters. The quantitative estimate of drug-likeness (QED) is 0.489. The van der Waals surface area contributed by atoms with E-state index < -0.39 is 5.92 Å². The van der Waals surface area contributed by atoms with Gasteiger partial charge in [0.1, 0.15) is 5.92 Å². The van der Waals surface area contributed by atoms with E-state index >= 15 is 0 Å². The van der Waals surface area contributed by atoms with E-state index in [1.165, 1.54) is 31.5 Å². The molecule has 1 amide bonds. The van der Waals surface area contributed by atoms with Crippen molar-refractivity contribution < 1.29 is 4.79 Å². The minimum Gasteiger partial charge on any atom is -0.399 e. The van der Waals surface area contributed by atoms with E-state index in [9.17, 15) is 4.79 Å². The molecule has 3 heterocycles. The molecule has 2 aliphatic rings. The van der Waals surface area contributed by atoms with Gasteiger partial charge in [0, 0.05) is 35.9 Å². The average Bonchev–Trinajstić information content (AvgIpc) is 3.40. The van der Waals surface area contributed by atoms with Crippen molar-refractivity contribution in [2.24, 2.45) is 4.99 Å². The maximum Gasteiger partial charge on any atom is 0.238 e. The summed E-state index contributed by atoms with van der Waals surface area (Å²) >= 11 is 0. The monoisotopic (exact) mass is 411 g/mol. The van der Waals surface area contributed by atoms with Crippen molar-refractivity contribution in [2.45, 2.75) is 25.3 Å². The molecule has 1 unspecified atom stereocenters. The van der Waals surface area contributed by atoms with Gasteiger partial charge in [-0.1, -0.05) is 24.3 Å². The summed E-state index contributed by atoms with van der Waals surface area (Å²) in [6, 6.07) is 17.6. The number of nitrogen functional groups attached to an aromatic ring is 1. The molecule has 0 bridgehead atoms. The second-order valence-corrected chi connectivity index (χ2v) is 8.16. The second kappa shape index (κ2) is 8.32. The van der Waals surface area contributed by atoms with E-state index in [-0.39, 0.29) is 5.91 Å². The highest BCUT2D eigenvalue weighted by Gasteiger charge is 2.35. The summed E-state index contributed by atoms with van der Waals surface area (Å²) in [6.07, 6.45) is 6.04. The molecule has 3 aromatic rings. The minimum atomic E-state index is -0.510. The molecule has 1 aromatic heterocycles. The van der Waals surface area contributed by atoms with Crippen LogP contribution in [0.2, 0.25) is 0 Å². The molecule has 1 fully saturated rings. The van der Waals surface area contributed by atoms with E-state index in [1.54, 1.807) is 18.5 Å². The largest absolute Gasteiger partial charge is 0.399 e. The number of amides is 1. The molecule has 3 N–H and O–H groups in total. The summed E-state index contributed by atoms with van der Waals surface area (Å²) in [5, 5.41) is 2.95. The Morgan fingerprint density at radius 3 is 2.68 bits per heavy atom. The number of rotatable bonds is 5. The van der Waals surface area contributed by atoms with Gasteiger partial charge >= 0.3 is 0 Å². The van der Waals surface area contributed by atoms with Crippen LogP contribution >= 0.6 is 0 Å². The minimum absolute atomic E-state index is 0.103. The first-order chi connectivity index (χ1) is 15.2. The van der Waals surface area contributed by atoms with Crippen molar-refractivity contribution in [3.05, 3.63) is 83.7 Å². The number of carbonyl (C=O) groups is 1. The molecule has 2 aliphatic heterocycles. The Hall–Kier alpha value is -3.51. The van der Waals surface area contributed by atoms with Crippen LogP contribution in [0.15, 0.2) is 72.0 Å². The van der Waals surface area contributed by atoms with Gasteiger partial charge in [-0.25, -0.2) is 0 Å². The highest BCUT2D eigenvalue weighted by molar-refractivity contribution is 6.24. The highest BCUT2D eigenvalue weighted by Crippen LogP contribution is 2.37. The number of carbonyl (C=O) groups excluding carboxylic acids is 1. The number of likely N-dealkylation sites (tertiary alicyclic amines) is 1. The summed E-state index contributed by atoms with van der Waals surface area (Å²) in [7, 11) is 0. The molecule has 5 rings (SSSR count). The van der Waals surface area contributed by atoms with Gasteiger partial charge in [-0.05, 0) is 67.4 Å². The van der Waals surface area contributed by atoms with E-state index in [2.05, 4.69) is 27.3 Å². The molecule has 0 saturated carbocycles. The third kappa shape index (κ3) is 4.07. The molecule has 1 saturated heterocycles. The maximum absolute atomic E-state index is 12.9. The first-order valence-corrected chi connectivity index (χ1v) is 10.7. The fraction of sp³-hybridized carbons (Fsp3) is 0.240. The number of pyridine rings is 1. The van der Waals surface area contributed by atoms with Crippen molar-refractivity contribution >= 4 is 28.7 Å². The van der Waals surface area contributed by atoms with Gasteiger partial charge in [-0.15, -0.1) is 0 Å². The van der Waals surface area contributed by atoms with Crippen molar-refractivity contribution in [3.63, 3.8) is 0 Å². The molecule has 6 nitrogen and oxygen atoms in total. The molecule has 6 heteroatoms. The Morgan fingerprint density at radius 2 is 1.94 bits per heavy atom. The lowest BCUT2D eigenvalue weighted by Crippen LogP contribution is -2.22. The van der Waals surface area contributed by atoms with E-state index in [1.807, 2.05) is 36.4 Å². The normalized spacial score (nSPS) is 18.8. The first-order valence-electron chi connectivity index (χ1n) is 10.7. The van der Waals surface area contributed by atoms with Crippen LogP contribution in [0.4, 0.5) is 17.1 Å². The van der Waals surface area contributed by atoms with Gasteiger partial charge in [0.05, 0.1) is 11.4 Å². The Balaban J connectivity index is 1.50. The molecular weight excluding hydrogens is 386 g/mol. The van der Waals surface area contributed by atoms with Gasteiger partial charge in [0.2, 0.25) is 5.91 Å². The zero-order valence-electron chi connectivity index (χ0n) is 17.3. The van der Waals surface area contributed by atoms with Crippen LogP contribution in [0.25, 0.3) is 0 Å². The Labute approximate surface area is 181 Å². The Morgan fingerprint density at radius 1 is 1.13 bits per heavy atom. The van der Waals surface area contributed by atoms with Crippen LogP contribution in [-0.4, -0.2) is 34.6 Å². The number of aromatic nitrogens is 1. The number of fused-ring (bicyclic) bond motifs is 1. The van der Waals surface area contributed by atoms with Crippen LogP contribution in [0.3, 0.4) is 0 Å². The van der Waals surface area contributed by atoms with Crippen LogP contribution < -0.4 is 11.1 Å². The smallest absolute Gasteiger partial charge is 0.238 e. The van der Waals surface area contributed by atoms with Crippen molar-refractivity contribution in [3.8, 4) is 0 Å². The third-order valence-corrected chi connectivity index (χ3v) is 5.93. The average molecular weight is 412 g/mol. The zero-order chi connectivity index (χ0) is 21.2. The summed E-state index contributed by atoms with van der Waals surface area (Å²) in [6.45, 7) is 3.32. The zero-order valence-corrected chi connectivity index (χ0v) is 17.3. The summed E-state index contributed by atoms with van der Waals surface area (Å²) in [4.78, 5) is 24.6. The van der Waals surface area contributed by atoms with E-state index in [0.29, 0.717) is 11.4 Å². The van der Waals surface area contributed by atoms with E-state index in [4.69, 9.17) is 10.7 Å². The second-order valence-electron chi connectivity index (χ2n) is 8.16. The molecule has 156 valence electrons. The Kier molecular flexibility index (Phi) is 5.22. The van der Waals surface area contributed by atoms with Crippen molar-refractivity contribution in [1.29, 1.82) is 0 Å². The molecule has 31 heavy (non-hydrogen) atoms. The Bertz CT molecular complexity index is 1120. The number of nitrogens with one attached hydrogen (secondary N) is 1. The molecule has 0 spiro atoms. The summed E-state index contributed by atoms with van der Waals surface area (Å²) < 4.78 is 0. The number of nitrogens with two attached hydrogens (primary N) is 1. The third-order valence-electron chi connectivity index (χ3n) is 5.93. The number of hydrogen-bond acceptors (Lipinski definition) is 5. The lowest BCUT2D eigenvalue weighted by atomic mass is 9.91. The van der Waals surface area contributed by atoms with Crippen molar-refractivity contribution in [1.82, 2.24) is 9.88 Å². The predicted octanol–water partition coefficient (Wildman–Crippen LogP) is 4.12. The van der Waals surface area contributed by atoms with Gasteiger partial charge in [-0.2, -0.15) is 0 Å². The van der Waals surface area contributed by atoms with Crippen LogP contribution in [0.5, 0.6) is 0 Å². The van der Waals surface area contributed by atoms with Crippen LogP contribution in [0.1, 0.15) is 35.4 Å². The topological polar surface area (TPSA) is 83.6 Å². The van der Waals surface area contributed by atoms with Gasteiger partial charge in [-0.3, -0.25) is 19.7 Å². The maximum atomic E-state index is 12.9. The lowest BCUT2D eigenvalue weighted by molar-refractivity contribution is -0.115. The molecular formula is C25H25N5O. The fourth-order valence-electron chi connectivity index (χ4n) is 4.38. The predicted molar refractivity (Wildman–Crippen MR) is 124 cm³/mol. The first kappa shape index (κ1) is 19.5. The molecule has 2 aromatic carbocycles. The number of anilines is 2. The van der Waals surface area contributed by atoms with Crippen molar-refractivity contribution in [2.75, 3.05) is 24.1 Å². The number of nitrogens with zero attached hydrogens (tertiary/aromatic N) is 3. The summed E-state index contributed by atoms with van der Waals surface area (Å²) in [5.41, 5.74) is 11.8. The fourth-order valence-corrected chi connectivity index (χ4v) is 4.38. The SMILES string of the molecule is Nc1ccc2c(c1)NC(=O)C2C(=Nc1ccc(CN2CCCC2)cc1)c1cccnc1. The van der Waals surface area contributed by atoms with Gasteiger partial charge in [0.15, 0.2) is 0 Å². The van der Waals surface area contributed by atoms with Gasteiger partial charge < -0.3 is 11.1 Å². The van der Waals surface area contributed by atoms with E-state index in [0.717, 1.165) is 29.0 Å².